The standard InChI is InChI=1S/C15H19N3O3/c1-4-9(2)17-15(20)18-13-12(16-3)10-7-5-6-8-11(10)21-14(13)19/h5-9,16H,4H2,1-3H3,(H2,17,18,20)/t9-/m1/s1. The average Bonchev–Trinajstić information content (AvgIpc) is 2.47. The van der Waals surface area contributed by atoms with Crippen molar-refractivity contribution in [2.45, 2.75) is 26.3 Å². The number of benzene rings is 1. The number of para-hydroxylation sites is 1. The third kappa shape index (κ3) is 3.16. The molecule has 6 heteroatoms. The van der Waals surface area contributed by atoms with Gasteiger partial charge in [0.1, 0.15) is 5.58 Å². The molecule has 0 radical (unpaired) electrons. The van der Waals surface area contributed by atoms with E-state index in [1.165, 1.54) is 0 Å². The summed E-state index contributed by atoms with van der Waals surface area (Å²) in [6.45, 7) is 3.86. The van der Waals surface area contributed by atoms with E-state index in [1.54, 1.807) is 19.2 Å². The van der Waals surface area contributed by atoms with Gasteiger partial charge in [0, 0.05) is 18.5 Å². The smallest absolute Gasteiger partial charge is 0.362 e. The zero-order valence-electron chi connectivity index (χ0n) is 12.3. The van der Waals surface area contributed by atoms with Crippen LogP contribution in [0.15, 0.2) is 33.5 Å². The van der Waals surface area contributed by atoms with Gasteiger partial charge in [-0.15, -0.1) is 0 Å². The first-order valence-electron chi connectivity index (χ1n) is 6.88. The van der Waals surface area contributed by atoms with Crippen LogP contribution in [0.5, 0.6) is 0 Å². The van der Waals surface area contributed by atoms with E-state index in [4.69, 9.17) is 4.42 Å². The zero-order valence-corrected chi connectivity index (χ0v) is 12.3. The van der Waals surface area contributed by atoms with E-state index in [2.05, 4.69) is 16.0 Å². The molecule has 0 aliphatic rings. The van der Waals surface area contributed by atoms with Crippen LogP contribution in [0.3, 0.4) is 0 Å². The predicted octanol–water partition coefficient (Wildman–Crippen LogP) is 2.75. The number of hydrogen-bond acceptors (Lipinski definition) is 4. The number of carbonyl (C=O) groups is 1. The fraction of sp³-hybridized carbons (Fsp3) is 0.333. The molecule has 1 heterocycles. The molecule has 1 aromatic carbocycles. The first-order chi connectivity index (χ1) is 10.1. The van der Waals surface area contributed by atoms with E-state index in [9.17, 15) is 9.59 Å². The van der Waals surface area contributed by atoms with Gasteiger partial charge < -0.3 is 15.1 Å². The molecule has 3 N–H and O–H groups in total. The lowest BCUT2D eigenvalue weighted by molar-refractivity contribution is 0.249. The number of nitrogens with one attached hydrogen (secondary N) is 3. The second-order valence-corrected chi connectivity index (χ2v) is 4.79. The van der Waals surface area contributed by atoms with Gasteiger partial charge in [0.25, 0.3) is 0 Å². The Labute approximate surface area is 122 Å². The lowest BCUT2D eigenvalue weighted by Crippen LogP contribution is -2.36. The monoisotopic (exact) mass is 289 g/mol. The lowest BCUT2D eigenvalue weighted by atomic mass is 10.2. The first-order valence-corrected chi connectivity index (χ1v) is 6.88. The van der Waals surface area contributed by atoms with Crippen LogP contribution in [-0.2, 0) is 0 Å². The Balaban J connectivity index is 2.41. The SMILES string of the molecule is CC[C@@H](C)NC(=O)Nc1c(NC)c2ccccc2oc1=O. The molecule has 0 aliphatic carbocycles. The summed E-state index contributed by atoms with van der Waals surface area (Å²) in [5.41, 5.74) is 0.537. The van der Waals surface area contributed by atoms with Gasteiger partial charge in [0.05, 0.1) is 5.69 Å². The molecule has 0 unspecified atom stereocenters. The van der Waals surface area contributed by atoms with Crippen molar-refractivity contribution in [1.29, 1.82) is 0 Å². The van der Waals surface area contributed by atoms with E-state index in [0.717, 1.165) is 11.8 Å². The number of urea groups is 1. The van der Waals surface area contributed by atoms with Gasteiger partial charge in [0.2, 0.25) is 0 Å². The van der Waals surface area contributed by atoms with Crippen molar-refractivity contribution in [3.8, 4) is 0 Å². The average molecular weight is 289 g/mol. The number of rotatable bonds is 4. The Morgan fingerprint density at radius 1 is 1.29 bits per heavy atom. The van der Waals surface area contributed by atoms with E-state index in [1.807, 2.05) is 26.0 Å². The van der Waals surface area contributed by atoms with E-state index in [0.29, 0.717) is 11.3 Å². The number of carbonyl (C=O) groups excluding carboxylic acids is 1. The molecule has 0 fully saturated rings. The second-order valence-electron chi connectivity index (χ2n) is 4.79. The molecule has 1 atom stereocenters. The molecular weight excluding hydrogens is 270 g/mol. The summed E-state index contributed by atoms with van der Waals surface area (Å²) in [4.78, 5) is 24.0. The maximum Gasteiger partial charge on any atom is 0.362 e. The van der Waals surface area contributed by atoms with Crippen LogP contribution >= 0.6 is 0 Å². The van der Waals surface area contributed by atoms with Crippen LogP contribution in [-0.4, -0.2) is 19.1 Å². The minimum absolute atomic E-state index is 0.0236. The van der Waals surface area contributed by atoms with Crippen LogP contribution < -0.4 is 21.6 Å². The summed E-state index contributed by atoms with van der Waals surface area (Å²) < 4.78 is 5.23. The summed E-state index contributed by atoms with van der Waals surface area (Å²) in [6, 6.07) is 6.75. The van der Waals surface area contributed by atoms with Crippen molar-refractivity contribution >= 4 is 28.4 Å². The summed E-state index contributed by atoms with van der Waals surface area (Å²) in [7, 11) is 1.69. The van der Waals surface area contributed by atoms with Crippen LogP contribution in [0.1, 0.15) is 20.3 Å². The topological polar surface area (TPSA) is 83.4 Å². The zero-order chi connectivity index (χ0) is 15.4. The quantitative estimate of drug-likeness (QED) is 0.756. The summed E-state index contributed by atoms with van der Waals surface area (Å²) in [6.07, 6.45) is 0.804. The highest BCUT2D eigenvalue weighted by Crippen LogP contribution is 2.27. The highest BCUT2D eigenvalue weighted by atomic mass is 16.4. The fourth-order valence-corrected chi connectivity index (χ4v) is 2.00. The minimum Gasteiger partial charge on any atom is -0.421 e. The van der Waals surface area contributed by atoms with Crippen molar-refractivity contribution in [1.82, 2.24) is 5.32 Å². The predicted molar refractivity (Wildman–Crippen MR) is 83.9 cm³/mol. The van der Waals surface area contributed by atoms with Gasteiger partial charge in [-0.3, -0.25) is 5.32 Å². The number of fused-ring (bicyclic) bond motifs is 1. The molecule has 6 nitrogen and oxygen atoms in total. The molecule has 0 aliphatic heterocycles. The molecule has 1 aromatic heterocycles. The molecular formula is C15H19N3O3. The molecule has 0 bridgehead atoms. The summed E-state index contributed by atoms with van der Waals surface area (Å²) in [5, 5.41) is 9.00. The Morgan fingerprint density at radius 2 is 2.00 bits per heavy atom. The van der Waals surface area contributed by atoms with Crippen molar-refractivity contribution in [3.05, 3.63) is 34.7 Å². The Morgan fingerprint density at radius 3 is 2.67 bits per heavy atom. The molecule has 112 valence electrons. The maximum absolute atomic E-state index is 12.1. The van der Waals surface area contributed by atoms with Crippen LogP contribution in [0.25, 0.3) is 11.0 Å². The van der Waals surface area contributed by atoms with Gasteiger partial charge >= 0.3 is 11.7 Å². The third-order valence-corrected chi connectivity index (χ3v) is 3.29. The van der Waals surface area contributed by atoms with E-state index >= 15 is 0 Å². The molecule has 2 amide bonds. The van der Waals surface area contributed by atoms with Crippen LogP contribution in [0, 0.1) is 0 Å². The van der Waals surface area contributed by atoms with Gasteiger partial charge in [-0.25, -0.2) is 9.59 Å². The molecule has 0 spiro atoms. The second kappa shape index (κ2) is 6.30. The molecule has 2 rings (SSSR count). The Kier molecular flexibility index (Phi) is 4.47. The van der Waals surface area contributed by atoms with E-state index < -0.39 is 11.7 Å². The summed E-state index contributed by atoms with van der Waals surface area (Å²) >= 11 is 0. The largest absolute Gasteiger partial charge is 0.421 e. The fourth-order valence-electron chi connectivity index (χ4n) is 2.00. The number of amides is 2. The highest BCUT2D eigenvalue weighted by molar-refractivity contribution is 6.01. The first kappa shape index (κ1) is 14.9. The van der Waals surface area contributed by atoms with Crippen molar-refractivity contribution < 1.29 is 9.21 Å². The van der Waals surface area contributed by atoms with Gasteiger partial charge in [-0.05, 0) is 25.5 Å². The van der Waals surface area contributed by atoms with Crippen molar-refractivity contribution in [2.75, 3.05) is 17.7 Å². The van der Waals surface area contributed by atoms with Crippen molar-refractivity contribution in [2.24, 2.45) is 0 Å². The number of anilines is 2. The van der Waals surface area contributed by atoms with Crippen LogP contribution in [0.2, 0.25) is 0 Å². The lowest BCUT2D eigenvalue weighted by Gasteiger charge is -2.15. The molecule has 0 saturated carbocycles. The highest BCUT2D eigenvalue weighted by Gasteiger charge is 2.16. The molecule has 2 aromatic rings. The summed E-state index contributed by atoms with van der Waals surface area (Å²) in [5.74, 6) is 0. The van der Waals surface area contributed by atoms with Gasteiger partial charge in [-0.1, -0.05) is 19.1 Å². The molecule has 21 heavy (non-hydrogen) atoms. The van der Waals surface area contributed by atoms with Gasteiger partial charge in [-0.2, -0.15) is 0 Å². The van der Waals surface area contributed by atoms with Crippen molar-refractivity contribution in [3.63, 3.8) is 0 Å². The maximum atomic E-state index is 12.1. The van der Waals surface area contributed by atoms with Crippen LogP contribution in [0.4, 0.5) is 16.2 Å². The minimum atomic E-state index is -0.586. The normalized spacial score (nSPS) is 12.0. The van der Waals surface area contributed by atoms with E-state index in [-0.39, 0.29) is 11.7 Å². The Bertz CT molecular complexity index is 709. The Hall–Kier alpha value is -2.50. The number of hydrogen-bond donors (Lipinski definition) is 3. The van der Waals surface area contributed by atoms with Gasteiger partial charge in [0.15, 0.2) is 5.69 Å². The third-order valence-electron chi connectivity index (χ3n) is 3.29. The molecule has 0 saturated heterocycles.